The Morgan fingerprint density at radius 1 is 1.03 bits per heavy atom. The lowest BCUT2D eigenvalue weighted by Crippen LogP contribution is -2.60. The lowest BCUT2D eigenvalue weighted by atomic mass is 9.72. The molecule has 3 saturated heterocycles. The number of piperidine rings is 1. The highest BCUT2D eigenvalue weighted by Gasteiger charge is 2.46. The molecule has 0 aliphatic carbocycles. The number of hydrogen-bond acceptors (Lipinski definition) is 4. The van der Waals surface area contributed by atoms with Gasteiger partial charge in [-0.05, 0) is 55.7 Å². The highest BCUT2D eigenvalue weighted by Crippen LogP contribution is 2.42. The monoisotopic (exact) mass is 493 g/mol. The van der Waals surface area contributed by atoms with E-state index in [1.165, 1.54) is 11.0 Å². The Bertz CT molecular complexity index is 882. The molecule has 5 nitrogen and oxygen atoms in total. The van der Waals surface area contributed by atoms with E-state index in [9.17, 15) is 31.1 Å². The molecule has 0 N–H and O–H groups in total. The van der Waals surface area contributed by atoms with E-state index in [1.54, 1.807) is 6.07 Å². The van der Waals surface area contributed by atoms with Gasteiger partial charge in [-0.25, -0.2) is 4.79 Å². The SMILES string of the molecule is CC(OC(=O)N1CCC2(CC1)CN(Cc1ccc(C(F)(F)F)cc1N1CCCC1)C2)C(F)(F)F. The molecule has 34 heavy (non-hydrogen) atoms. The smallest absolute Gasteiger partial charge is 0.425 e. The van der Waals surface area contributed by atoms with E-state index < -0.39 is 30.1 Å². The second-order valence-corrected chi connectivity index (χ2v) is 9.74. The van der Waals surface area contributed by atoms with Gasteiger partial charge < -0.3 is 14.5 Å². The lowest BCUT2D eigenvalue weighted by molar-refractivity contribution is -0.200. The maximum Gasteiger partial charge on any atom is 0.425 e. The summed E-state index contributed by atoms with van der Waals surface area (Å²) in [5.74, 6) is 0. The van der Waals surface area contributed by atoms with Gasteiger partial charge in [0, 0.05) is 51.5 Å². The number of likely N-dealkylation sites (tertiary alicyclic amines) is 2. The fourth-order valence-electron chi connectivity index (χ4n) is 5.15. The average Bonchev–Trinajstić information content (AvgIpc) is 3.26. The van der Waals surface area contributed by atoms with Crippen molar-refractivity contribution in [2.45, 2.75) is 57.6 Å². The molecule has 4 rings (SSSR count). The van der Waals surface area contributed by atoms with Crippen LogP contribution < -0.4 is 4.90 Å². The Kier molecular flexibility index (Phi) is 6.69. The highest BCUT2D eigenvalue weighted by atomic mass is 19.4. The zero-order valence-electron chi connectivity index (χ0n) is 19.0. The molecular weight excluding hydrogens is 464 g/mol. The third kappa shape index (κ3) is 5.39. The minimum absolute atomic E-state index is 0.0217. The number of alkyl halides is 6. The van der Waals surface area contributed by atoms with E-state index in [0.29, 0.717) is 38.2 Å². The van der Waals surface area contributed by atoms with Gasteiger partial charge in [-0.3, -0.25) is 4.90 Å². The maximum atomic E-state index is 13.3. The lowest BCUT2D eigenvalue weighted by Gasteiger charge is -2.54. The summed E-state index contributed by atoms with van der Waals surface area (Å²) in [6.45, 7) is 5.00. The summed E-state index contributed by atoms with van der Waals surface area (Å²) in [5, 5.41) is 0. The van der Waals surface area contributed by atoms with Crippen LogP contribution in [-0.4, -0.2) is 67.4 Å². The Hall–Kier alpha value is -2.17. The van der Waals surface area contributed by atoms with Crippen molar-refractivity contribution in [1.29, 1.82) is 0 Å². The summed E-state index contributed by atoms with van der Waals surface area (Å²) >= 11 is 0. The van der Waals surface area contributed by atoms with Crippen LogP contribution in [0.3, 0.4) is 0 Å². The van der Waals surface area contributed by atoms with Crippen LogP contribution in [0.15, 0.2) is 18.2 Å². The molecule has 0 aromatic heterocycles. The Labute approximate surface area is 194 Å². The van der Waals surface area contributed by atoms with Crippen molar-refractivity contribution in [1.82, 2.24) is 9.80 Å². The molecule has 0 saturated carbocycles. The first-order valence-corrected chi connectivity index (χ1v) is 11.6. The first-order chi connectivity index (χ1) is 15.9. The molecule has 11 heteroatoms. The fraction of sp³-hybridized carbons (Fsp3) is 0.696. The van der Waals surface area contributed by atoms with Crippen molar-refractivity contribution in [2.75, 3.05) is 44.2 Å². The molecular formula is C23H29F6N3O2. The van der Waals surface area contributed by atoms with Crippen LogP contribution in [0.1, 0.15) is 43.7 Å². The Morgan fingerprint density at radius 3 is 2.21 bits per heavy atom. The minimum atomic E-state index is -4.59. The van der Waals surface area contributed by atoms with E-state index in [0.717, 1.165) is 57.6 Å². The second kappa shape index (κ2) is 9.13. The largest absolute Gasteiger partial charge is 0.437 e. The summed E-state index contributed by atoms with van der Waals surface area (Å²) in [5.41, 5.74) is 0.848. The number of benzene rings is 1. The third-order valence-corrected chi connectivity index (χ3v) is 7.19. The summed E-state index contributed by atoms with van der Waals surface area (Å²) in [7, 11) is 0. The number of halogens is 6. The van der Waals surface area contributed by atoms with Gasteiger partial charge in [0.2, 0.25) is 0 Å². The second-order valence-electron chi connectivity index (χ2n) is 9.74. The van der Waals surface area contributed by atoms with Gasteiger partial charge >= 0.3 is 18.4 Å². The predicted octanol–water partition coefficient (Wildman–Crippen LogP) is 5.29. The summed E-state index contributed by atoms with van der Waals surface area (Å²) in [4.78, 5) is 17.6. The van der Waals surface area contributed by atoms with Crippen molar-refractivity contribution >= 4 is 11.8 Å². The van der Waals surface area contributed by atoms with Crippen molar-refractivity contribution in [3.05, 3.63) is 29.3 Å². The average molecular weight is 493 g/mol. The molecule has 1 spiro atoms. The van der Waals surface area contributed by atoms with E-state index in [2.05, 4.69) is 9.64 Å². The Morgan fingerprint density at radius 2 is 1.65 bits per heavy atom. The number of rotatable bonds is 4. The number of carbonyl (C=O) groups is 1. The molecule has 1 atom stereocenters. The number of amides is 1. The van der Waals surface area contributed by atoms with Crippen LogP contribution in [0, 0.1) is 5.41 Å². The van der Waals surface area contributed by atoms with Crippen molar-refractivity contribution in [3.8, 4) is 0 Å². The molecule has 1 aromatic rings. The Balaban J connectivity index is 1.33. The maximum absolute atomic E-state index is 13.3. The van der Waals surface area contributed by atoms with Crippen LogP contribution in [0.25, 0.3) is 0 Å². The van der Waals surface area contributed by atoms with Gasteiger partial charge in [-0.2, -0.15) is 26.3 Å². The topological polar surface area (TPSA) is 36.0 Å². The van der Waals surface area contributed by atoms with Crippen molar-refractivity contribution < 1.29 is 35.9 Å². The van der Waals surface area contributed by atoms with Crippen molar-refractivity contribution in [3.63, 3.8) is 0 Å². The zero-order chi connectivity index (χ0) is 24.7. The summed E-state index contributed by atoms with van der Waals surface area (Å²) in [6, 6.07) is 3.96. The number of carbonyl (C=O) groups excluding carboxylic acids is 1. The zero-order valence-corrected chi connectivity index (χ0v) is 19.0. The van der Waals surface area contributed by atoms with Crippen LogP contribution in [0.2, 0.25) is 0 Å². The molecule has 0 bridgehead atoms. The molecule has 1 unspecified atom stereocenters. The minimum Gasteiger partial charge on any atom is -0.437 e. The van der Waals surface area contributed by atoms with Crippen LogP contribution in [0.4, 0.5) is 36.8 Å². The molecule has 1 amide bonds. The standard InChI is InChI=1S/C23H29F6N3O2/c1-16(22(24,25)26)34-20(33)32-10-6-21(7-11-32)14-30(15-21)13-17-4-5-18(23(27,28)29)12-19(17)31-8-2-3-9-31/h4-5,12,16H,2-3,6-11,13-15H2,1H3. The number of ether oxygens (including phenoxy) is 1. The third-order valence-electron chi connectivity index (χ3n) is 7.19. The predicted molar refractivity (Wildman–Crippen MR) is 113 cm³/mol. The molecule has 0 radical (unpaired) electrons. The summed E-state index contributed by atoms with van der Waals surface area (Å²) < 4.78 is 82.2. The number of hydrogen-bond donors (Lipinski definition) is 0. The van der Waals surface area contributed by atoms with Gasteiger partial charge in [-0.15, -0.1) is 0 Å². The quantitative estimate of drug-likeness (QED) is 0.534. The van der Waals surface area contributed by atoms with E-state index >= 15 is 0 Å². The number of anilines is 1. The van der Waals surface area contributed by atoms with E-state index in [4.69, 9.17) is 0 Å². The van der Waals surface area contributed by atoms with Crippen LogP contribution in [0.5, 0.6) is 0 Å². The van der Waals surface area contributed by atoms with E-state index in [1.807, 2.05) is 4.90 Å². The molecule has 3 aliphatic heterocycles. The van der Waals surface area contributed by atoms with Gasteiger partial charge in [0.15, 0.2) is 6.10 Å². The van der Waals surface area contributed by atoms with Crippen LogP contribution >= 0.6 is 0 Å². The van der Waals surface area contributed by atoms with E-state index in [-0.39, 0.29) is 5.41 Å². The van der Waals surface area contributed by atoms with Gasteiger partial charge in [0.1, 0.15) is 0 Å². The molecule has 190 valence electrons. The molecule has 3 fully saturated rings. The van der Waals surface area contributed by atoms with Gasteiger partial charge in [0.25, 0.3) is 0 Å². The normalized spacial score (nSPS) is 22.1. The molecule has 3 aliphatic rings. The van der Waals surface area contributed by atoms with Gasteiger partial charge in [0.05, 0.1) is 5.56 Å². The first kappa shape index (κ1) is 24.9. The fourth-order valence-corrected chi connectivity index (χ4v) is 5.15. The van der Waals surface area contributed by atoms with Crippen molar-refractivity contribution in [2.24, 2.45) is 5.41 Å². The highest BCUT2D eigenvalue weighted by molar-refractivity contribution is 5.68. The van der Waals surface area contributed by atoms with Crippen LogP contribution in [-0.2, 0) is 17.5 Å². The first-order valence-electron chi connectivity index (χ1n) is 11.6. The number of nitrogens with zero attached hydrogens (tertiary/aromatic N) is 3. The van der Waals surface area contributed by atoms with Gasteiger partial charge in [-0.1, -0.05) is 6.07 Å². The molecule has 1 aromatic carbocycles. The summed E-state index contributed by atoms with van der Waals surface area (Å²) in [6.07, 6.45) is -8.84. The molecule has 3 heterocycles.